The van der Waals surface area contributed by atoms with E-state index in [9.17, 15) is 9.59 Å². The first-order valence-electron chi connectivity index (χ1n) is 8.49. The predicted octanol–water partition coefficient (Wildman–Crippen LogP) is 1.54. The second-order valence-electron chi connectivity index (χ2n) is 6.16. The quantitative estimate of drug-likeness (QED) is 0.219. The highest BCUT2D eigenvalue weighted by molar-refractivity contribution is 6.07. The van der Waals surface area contributed by atoms with Gasteiger partial charge in [0.05, 0.1) is 5.71 Å². The fraction of sp³-hybridized carbons (Fsp3) is 0.0526. The second-order valence-corrected chi connectivity index (χ2v) is 6.16. The molecule has 3 aromatic rings. The van der Waals surface area contributed by atoms with Gasteiger partial charge in [-0.05, 0) is 48.9 Å². The number of hydrogen-bond acceptors (Lipinski definition) is 5. The first kappa shape index (κ1) is 19.6. The molecule has 148 valence electrons. The van der Waals surface area contributed by atoms with E-state index in [1.807, 2.05) is 0 Å². The number of nitrogens with two attached hydrogens (primary N) is 2. The van der Waals surface area contributed by atoms with Crippen LogP contribution in [0.2, 0.25) is 0 Å². The van der Waals surface area contributed by atoms with Crippen LogP contribution in [0.4, 0.5) is 5.69 Å². The van der Waals surface area contributed by atoms with Crippen molar-refractivity contribution in [3.8, 4) is 0 Å². The number of nitrogens with zero attached hydrogens (tertiary/aromatic N) is 2. The lowest BCUT2D eigenvalue weighted by Gasteiger charge is -2.05. The molecule has 2 aromatic carbocycles. The van der Waals surface area contributed by atoms with Gasteiger partial charge in [0.1, 0.15) is 5.69 Å². The number of fused-ring (bicyclic) bond motifs is 1. The number of anilines is 1. The van der Waals surface area contributed by atoms with Crippen molar-refractivity contribution in [1.29, 1.82) is 0 Å². The maximum absolute atomic E-state index is 12.5. The number of carbonyl (C=O) groups is 2. The number of hydrogen-bond donors (Lipinski definition) is 6. The summed E-state index contributed by atoms with van der Waals surface area (Å²) in [4.78, 5) is 26.8. The Morgan fingerprint density at radius 1 is 1.00 bits per heavy atom. The Labute approximate surface area is 165 Å². The van der Waals surface area contributed by atoms with E-state index in [0.29, 0.717) is 28.0 Å². The summed E-state index contributed by atoms with van der Waals surface area (Å²) in [5, 5.41) is 19.5. The third-order valence-electron chi connectivity index (χ3n) is 4.13. The highest BCUT2D eigenvalue weighted by atomic mass is 16.5. The molecular weight excluding hydrogens is 374 g/mol. The molecule has 3 rings (SSSR count). The molecule has 0 aliphatic heterocycles. The molecule has 0 radical (unpaired) electrons. The summed E-state index contributed by atoms with van der Waals surface area (Å²) < 4.78 is 0. The molecular formula is C19H19N7O3. The molecule has 0 saturated carbocycles. The molecule has 0 aliphatic rings. The number of amides is 2. The van der Waals surface area contributed by atoms with Crippen molar-refractivity contribution in [3.05, 3.63) is 65.4 Å². The van der Waals surface area contributed by atoms with Crippen LogP contribution in [-0.4, -0.2) is 33.7 Å². The van der Waals surface area contributed by atoms with Crippen LogP contribution in [0.5, 0.6) is 0 Å². The van der Waals surface area contributed by atoms with E-state index >= 15 is 0 Å². The van der Waals surface area contributed by atoms with E-state index in [2.05, 4.69) is 20.5 Å². The fourth-order valence-corrected chi connectivity index (χ4v) is 2.61. The number of guanidine groups is 1. The number of H-pyrrole nitrogens is 1. The molecule has 0 spiro atoms. The van der Waals surface area contributed by atoms with Crippen molar-refractivity contribution in [2.75, 3.05) is 5.32 Å². The molecule has 0 unspecified atom stereocenters. The van der Waals surface area contributed by atoms with E-state index in [4.69, 9.17) is 16.7 Å². The normalized spacial score (nSPS) is 12.1. The van der Waals surface area contributed by atoms with Gasteiger partial charge in [0.15, 0.2) is 0 Å². The van der Waals surface area contributed by atoms with Gasteiger partial charge in [-0.15, -0.1) is 5.10 Å². The van der Waals surface area contributed by atoms with Crippen LogP contribution in [0.15, 0.2) is 58.7 Å². The van der Waals surface area contributed by atoms with Crippen LogP contribution in [0.3, 0.4) is 0 Å². The Bertz CT molecular complexity index is 1130. The molecule has 1 heterocycles. The minimum atomic E-state index is -0.529. The van der Waals surface area contributed by atoms with Crippen molar-refractivity contribution >= 4 is 40.1 Å². The molecule has 0 saturated heterocycles. The van der Waals surface area contributed by atoms with Gasteiger partial charge in [0.2, 0.25) is 11.9 Å². The number of nitrogens with one attached hydrogen (secondary N) is 3. The highest BCUT2D eigenvalue weighted by Crippen LogP contribution is 2.19. The summed E-state index contributed by atoms with van der Waals surface area (Å²) in [6.45, 7) is 1.73. The maximum Gasteiger partial charge on any atom is 0.272 e. The topological polar surface area (TPSA) is 171 Å². The first-order chi connectivity index (χ1) is 13.9. The second kappa shape index (κ2) is 8.23. The van der Waals surface area contributed by atoms with Crippen molar-refractivity contribution in [2.24, 2.45) is 21.7 Å². The molecule has 0 aliphatic carbocycles. The Morgan fingerprint density at radius 2 is 1.69 bits per heavy atom. The zero-order valence-electron chi connectivity index (χ0n) is 15.4. The van der Waals surface area contributed by atoms with Crippen molar-refractivity contribution in [2.45, 2.75) is 6.92 Å². The highest BCUT2D eigenvalue weighted by Gasteiger charge is 2.11. The van der Waals surface area contributed by atoms with Crippen LogP contribution < -0.4 is 22.3 Å². The van der Waals surface area contributed by atoms with Gasteiger partial charge in [-0.25, -0.2) is 5.48 Å². The predicted molar refractivity (Wildman–Crippen MR) is 110 cm³/mol. The number of benzene rings is 2. The lowest BCUT2D eigenvalue weighted by atomic mass is 10.1. The van der Waals surface area contributed by atoms with Gasteiger partial charge in [0, 0.05) is 22.2 Å². The maximum atomic E-state index is 12.5. The van der Waals surface area contributed by atoms with E-state index in [1.165, 1.54) is 0 Å². The fourth-order valence-electron chi connectivity index (χ4n) is 2.61. The molecule has 29 heavy (non-hydrogen) atoms. The average molecular weight is 393 g/mol. The van der Waals surface area contributed by atoms with Gasteiger partial charge in [-0.1, -0.05) is 12.1 Å². The van der Waals surface area contributed by atoms with E-state index < -0.39 is 5.91 Å². The van der Waals surface area contributed by atoms with Gasteiger partial charge in [0.25, 0.3) is 5.91 Å². The lowest BCUT2D eigenvalue weighted by Crippen LogP contribution is -2.27. The Balaban J connectivity index is 1.74. The van der Waals surface area contributed by atoms with Crippen LogP contribution in [0.25, 0.3) is 10.9 Å². The SMILES string of the molecule is CC(=NN=C(N)NO)c1ccc(NC(=O)c2cc3cc(C(N)=O)ccc3[nH]2)cc1. The van der Waals surface area contributed by atoms with Gasteiger partial charge in [-0.2, -0.15) is 5.10 Å². The summed E-state index contributed by atoms with van der Waals surface area (Å²) in [7, 11) is 0. The van der Waals surface area contributed by atoms with E-state index in [1.54, 1.807) is 60.9 Å². The van der Waals surface area contributed by atoms with Crippen LogP contribution in [-0.2, 0) is 0 Å². The Hall–Kier alpha value is -4.18. The summed E-state index contributed by atoms with van der Waals surface area (Å²) in [5.74, 6) is -1.08. The van der Waals surface area contributed by atoms with Crippen molar-refractivity contribution in [1.82, 2.24) is 10.5 Å². The minimum Gasteiger partial charge on any atom is -0.367 e. The van der Waals surface area contributed by atoms with Gasteiger partial charge in [-0.3, -0.25) is 14.8 Å². The molecule has 1 aromatic heterocycles. The number of aromatic amines is 1. The average Bonchev–Trinajstić information content (AvgIpc) is 3.15. The first-order valence-corrected chi connectivity index (χ1v) is 8.49. The van der Waals surface area contributed by atoms with Gasteiger partial charge >= 0.3 is 0 Å². The summed E-state index contributed by atoms with van der Waals surface area (Å²) in [6.07, 6.45) is 0. The van der Waals surface area contributed by atoms with E-state index in [-0.39, 0.29) is 11.9 Å². The molecule has 0 fully saturated rings. The standard InChI is InChI=1S/C19H19N7O3/c1-10(24-25-19(21)26-29)11-2-5-14(6-3-11)22-18(28)16-9-13-8-12(17(20)27)4-7-15(13)23-16/h2-9,23,29H,1H3,(H2,20,27)(H,22,28)(H3,21,25,26). The Morgan fingerprint density at radius 3 is 2.34 bits per heavy atom. The largest absolute Gasteiger partial charge is 0.367 e. The number of primary amides is 1. The molecule has 10 nitrogen and oxygen atoms in total. The summed E-state index contributed by atoms with van der Waals surface area (Å²) >= 11 is 0. The van der Waals surface area contributed by atoms with Crippen LogP contribution >= 0.6 is 0 Å². The zero-order chi connectivity index (χ0) is 21.0. The zero-order valence-corrected chi connectivity index (χ0v) is 15.4. The van der Waals surface area contributed by atoms with Crippen LogP contribution in [0.1, 0.15) is 33.3 Å². The Kier molecular flexibility index (Phi) is 5.56. The summed E-state index contributed by atoms with van der Waals surface area (Å²) in [6, 6.07) is 13.5. The smallest absolute Gasteiger partial charge is 0.272 e. The monoisotopic (exact) mass is 393 g/mol. The number of hydroxylamine groups is 1. The number of aromatic nitrogens is 1. The number of carbonyl (C=O) groups excluding carboxylic acids is 2. The summed E-state index contributed by atoms with van der Waals surface area (Å²) in [5.41, 5.74) is 15.6. The third-order valence-corrected chi connectivity index (χ3v) is 4.13. The molecule has 0 atom stereocenters. The molecule has 8 N–H and O–H groups in total. The van der Waals surface area contributed by atoms with Crippen LogP contribution in [0, 0.1) is 0 Å². The molecule has 10 heteroatoms. The van der Waals surface area contributed by atoms with Crippen molar-refractivity contribution < 1.29 is 14.8 Å². The van der Waals surface area contributed by atoms with E-state index in [0.717, 1.165) is 11.1 Å². The number of rotatable bonds is 5. The van der Waals surface area contributed by atoms with Gasteiger partial charge < -0.3 is 21.8 Å². The minimum absolute atomic E-state index is 0.227. The van der Waals surface area contributed by atoms with Crippen molar-refractivity contribution in [3.63, 3.8) is 0 Å². The molecule has 2 amide bonds. The lowest BCUT2D eigenvalue weighted by molar-refractivity contribution is 0.0997. The molecule has 0 bridgehead atoms. The third kappa shape index (κ3) is 4.57.